The number of halogens is 2. The topological polar surface area (TPSA) is 36.4 Å². The average molecular weight is 269 g/mol. The van der Waals surface area contributed by atoms with Crippen LogP contribution in [-0.4, -0.2) is 19.0 Å². The second-order valence-corrected chi connectivity index (χ2v) is 4.71. The first-order chi connectivity index (χ1) is 9.02. The van der Waals surface area contributed by atoms with Crippen LogP contribution in [0.4, 0.5) is 8.78 Å². The molecule has 0 spiro atoms. The number of hydrogen-bond donors (Lipinski definition) is 2. The molecule has 3 nitrogen and oxygen atoms in total. The summed E-state index contributed by atoms with van der Waals surface area (Å²) < 4.78 is 26.5. The average Bonchev–Trinajstić information content (AvgIpc) is 2.36. The summed E-state index contributed by atoms with van der Waals surface area (Å²) >= 11 is 0. The first-order valence-electron chi connectivity index (χ1n) is 6.49. The summed E-state index contributed by atoms with van der Waals surface area (Å²) in [5, 5.41) is 6.21. The van der Waals surface area contributed by atoms with Crippen LogP contribution in [0.5, 0.6) is 0 Å². The number of aliphatic imine (C=N–C) groups is 1. The standard InChI is InChI=1S/C14H21F2N3/c1-4-17-14(18-8-10(2)3)19-9-11-7-12(15)5-6-13(11)16/h5-7,10H,4,8-9H2,1-3H3,(H2,17,18,19). The summed E-state index contributed by atoms with van der Waals surface area (Å²) in [5.41, 5.74) is 0.252. The van der Waals surface area contributed by atoms with Crippen molar-refractivity contribution < 1.29 is 8.78 Å². The van der Waals surface area contributed by atoms with Gasteiger partial charge in [0.15, 0.2) is 5.96 Å². The van der Waals surface area contributed by atoms with E-state index in [0.29, 0.717) is 11.9 Å². The van der Waals surface area contributed by atoms with Crippen LogP contribution in [0, 0.1) is 17.6 Å². The number of guanidine groups is 1. The van der Waals surface area contributed by atoms with Crippen molar-refractivity contribution in [3.63, 3.8) is 0 Å². The molecule has 0 heterocycles. The molecule has 0 bridgehead atoms. The van der Waals surface area contributed by atoms with Gasteiger partial charge in [-0.3, -0.25) is 0 Å². The molecule has 2 N–H and O–H groups in total. The van der Waals surface area contributed by atoms with E-state index >= 15 is 0 Å². The van der Waals surface area contributed by atoms with Gasteiger partial charge in [-0.15, -0.1) is 0 Å². The van der Waals surface area contributed by atoms with Gasteiger partial charge in [0.2, 0.25) is 0 Å². The lowest BCUT2D eigenvalue weighted by atomic mass is 10.2. The van der Waals surface area contributed by atoms with Crippen LogP contribution in [-0.2, 0) is 6.54 Å². The van der Waals surface area contributed by atoms with E-state index in [-0.39, 0.29) is 12.1 Å². The van der Waals surface area contributed by atoms with Gasteiger partial charge >= 0.3 is 0 Å². The Morgan fingerprint density at radius 1 is 1.26 bits per heavy atom. The highest BCUT2D eigenvalue weighted by atomic mass is 19.1. The van der Waals surface area contributed by atoms with Gasteiger partial charge in [0.05, 0.1) is 6.54 Å². The molecule has 0 aliphatic carbocycles. The van der Waals surface area contributed by atoms with Gasteiger partial charge in [0.1, 0.15) is 11.6 Å². The van der Waals surface area contributed by atoms with E-state index in [1.807, 2.05) is 6.92 Å². The zero-order valence-corrected chi connectivity index (χ0v) is 11.6. The number of rotatable bonds is 5. The highest BCUT2D eigenvalue weighted by Crippen LogP contribution is 2.10. The zero-order valence-electron chi connectivity index (χ0n) is 11.6. The number of nitrogens with zero attached hydrogens (tertiary/aromatic N) is 1. The molecule has 0 atom stereocenters. The predicted molar refractivity (Wildman–Crippen MR) is 74.0 cm³/mol. The molecule has 0 aliphatic rings. The Hall–Kier alpha value is -1.65. The maximum atomic E-state index is 13.4. The van der Waals surface area contributed by atoms with Gasteiger partial charge in [0.25, 0.3) is 0 Å². The van der Waals surface area contributed by atoms with E-state index in [9.17, 15) is 8.78 Å². The van der Waals surface area contributed by atoms with Crippen molar-refractivity contribution in [1.29, 1.82) is 0 Å². The highest BCUT2D eigenvalue weighted by Gasteiger charge is 2.04. The van der Waals surface area contributed by atoms with Crippen LogP contribution in [0.15, 0.2) is 23.2 Å². The van der Waals surface area contributed by atoms with Crippen LogP contribution >= 0.6 is 0 Å². The summed E-state index contributed by atoms with van der Waals surface area (Å²) in [4.78, 5) is 4.25. The molecule has 1 rings (SSSR count). The monoisotopic (exact) mass is 269 g/mol. The Bertz CT molecular complexity index is 431. The van der Waals surface area contributed by atoms with Crippen molar-refractivity contribution in [2.75, 3.05) is 13.1 Å². The molecule has 1 aromatic carbocycles. The molecule has 0 amide bonds. The Balaban J connectivity index is 2.70. The van der Waals surface area contributed by atoms with Gasteiger partial charge < -0.3 is 10.6 Å². The fourth-order valence-corrected chi connectivity index (χ4v) is 1.47. The minimum atomic E-state index is -0.452. The smallest absolute Gasteiger partial charge is 0.191 e. The number of benzene rings is 1. The molecule has 0 aromatic heterocycles. The van der Waals surface area contributed by atoms with E-state index in [0.717, 1.165) is 25.2 Å². The molecule has 0 saturated heterocycles. The molecule has 19 heavy (non-hydrogen) atoms. The van der Waals surface area contributed by atoms with Crippen LogP contribution in [0.25, 0.3) is 0 Å². The van der Waals surface area contributed by atoms with Crippen LogP contribution in [0.1, 0.15) is 26.3 Å². The summed E-state index contributed by atoms with van der Waals surface area (Å²) in [6.45, 7) is 7.73. The van der Waals surface area contributed by atoms with Gasteiger partial charge in [0, 0.05) is 18.7 Å². The molecule has 1 aromatic rings. The van der Waals surface area contributed by atoms with Crippen molar-refractivity contribution in [3.8, 4) is 0 Å². The minimum absolute atomic E-state index is 0.108. The van der Waals surface area contributed by atoms with Crippen molar-refractivity contribution in [1.82, 2.24) is 10.6 Å². The normalized spacial score (nSPS) is 11.8. The van der Waals surface area contributed by atoms with E-state index in [2.05, 4.69) is 29.5 Å². The number of nitrogens with one attached hydrogen (secondary N) is 2. The molecule has 0 aliphatic heterocycles. The third-order valence-electron chi connectivity index (χ3n) is 2.44. The third-order valence-corrected chi connectivity index (χ3v) is 2.44. The lowest BCUT2D eigenvalue weighted by Gasteiger charge is -2.13. The fraction of sp³-hybridized carbons (Fsp3) is 0.500. The highest BCUT2D eigenvalue weighted by molar-refractivity contribution is 5.79. The van der Waals surface area contributed by atoms with Crippen molar-refractivity contribution in [3.05, 3.63) is 35.4 Å². The molecular weight excluding hydrogens is 248 g/mol. The molecule has 0 unspecified atom stereocenters. The quantitative estimate of drug-likeness (QED) is 0.637. The van der Waals surface area contributed by atoms with Gasteiger partial charge in [-0.2, -0.15) is 0 Å². The molecule has 0 saturated carbocycles. The van der Waals surface area contributed by atoms with Gasteiger partial charge in [-0.25, -0.2) is 13.8 Å². The molecule has 106 valence electrons. The second-order valence-electron chi connectivity index (χ2n) is 4.71. The van der Waals surface area contributed by atoms with E-state index < -0.39 is 11.6 Å². The van der Waals surface area contributed by atoms with Crippen molar-refractivity contribution >= 4 is 5.96 Å². The van der Waals surface area contributed by atoms with Gasteiger partial charge in [-0.05, 0) is 31.0 Å². The lowest BCUT2D eigenvalue weighted by Crippen LogP contribution is -2.39. The van der Waals surface area contributed by atoms with Crippen LogP contribution in [0.3, 0.4) is 0 Å². The van der Waals surface area contributed by atoms with E-state index in [1.54, 1.807) is 0 Å². The molecule has 0 fully saturated rings. The first kappa shape index (κ1) is 15.4. The second kappa shape index (κ2) is 7.71. The van der Waals surface area contributed by atoms with Crippen molar-refractivity contribution in [2.24, 2.45) is 10.9 Å². The largest absolute Gasteiger partial charge is 0.357 e. The lowest BCUT2D eigenvalue weighted by molar-refractivity contribution is 0.584. The van der Waals surface area contributed by atoms with Crippen LogP contribution < -0.4 is 10.6 Å². The first-order valence-corrected chi connectivity index (χ1v) is 6.49. The third kappa shape index (κ3) is 5.68. The summed E-state index contributed by atoms with van der Waals surface area (Å²) in [6.07, 6.45) is 0. The molecule has 5 heteroatoms. The Morgan fingerprint density at radius 2 is 2.00 bits per heavy atom. The molecule has 0 radical (unpaired) electrons. The SMILES string of the molecule is CCNC(=NCc1cc(F)ccc1F)NCC(C)C. The predicted octanol–water partition coefficient (Wildman–Crippen LogP) is 2.68. The van der Waals surface area contributed by atoms with E-state index in [4.69, 9.17) is 0 Å². The maximum absolute atomic E-state index is 13.4. The van der Waals surface area contributed by atoms with E-state index in [1.165, 1.54) is 6.07 Å². The summed E-state index contributed by atoms with van der Waals surface area (Å²) in [6, 6.07) is 3.39. The fourth-order valence-electron chi connectivity index (χ4n) is 1.47. The van der Waals surface area contributed by atoms with Crippen molar-refractivity contribution in [2.45, 2.75) is 27.3 Å². The summed E-state index contributed by atoms with van der Waals surface area (Å²) in [5.74, 6) is 0.200. The van der Waals surface area contributed by atoms with Gasteiger partial charge in [-0.1, -0.05) is 13.8 Å². The van der Waals surface area contributed by atoms with Crippen LogP contribution in [0.2, 0.25) is 0 Å². The molecular formula is C14H21F2N3. The zero-order chi connectivity index (χ0) is 14.3. The minimum Gasteiger partial charge on any atom is -0.357 e. The summed E-state index contributed by atoms with van der Waals surface area (Å²) in [7, 11) is 0. The Labute approximate surface area is 113 Å². The number of hydrogen-bond acceptors (Lipinski definition) is 1. The maximum Gasteiger partial charge on any atom is 0.191 e. The Kier molecular flexibility index (Phi) is 6.25. The Morgan fingerprint density at radius 3 is 2.63 bits per heavy atom.